The van der Waals surface area contributed by atoms with E-state index in [0.29, 0.717) is 5.92 Å². The summed E-state index contributed by atoms with van der Waals surface area (Å²) in [5.74, 6) is 1.50. The van der Waals surface area contributed by atoms with Crippen molar-refractivity contribution >= 4 is 16.8 Å². The highest BCUT2D eigenvalue weighted by Crippen LogP contribution is 2.27. The zero-order valence-electron chi connectivity index (χ0n) is 14.9. The number of hydrogen-bond acceptors (Lipinski definition) is 3. The van der Waals surface area contributed by atoms with E-state index in [0.717, 1.165) is 54.6 Å². The predicted molar refractivity (Wildman–Crippen MR) is 101 cm³/mol. The molecule has 0 aliphatic carbocycles. The number of carbonyl (C=O) groups is 1. The lowest BCUT2D eigenvalue weighted by Crippen LogP contribution is -2.38. The zero-order valence-corrected chi connectivity index (χ0v) is 14.9. The fraction of sp³-hybridized carbons (Fsp3) is 0.333. The van der Waals surface area contributed by atoms with Gasteiger partial charge in [-0.05, 0) is 61.1 Å². The van der Waals surface area contributed by atoms with Crippen LogP contribution in [0.2, 0.25) is 0 Å². The number of carbonyl (C=O) groups excluding carboxylic acids is 1. The number of aromatic amines is 1. The Labute approximate surface area is 153 Å². The van der Waals surface area contributed by atoms with Crippen molar-refractivity contribution < 1.29 is 9.53 Å². The first kappa shape index (κ1) is 16.6. The highest BCUT2D eigenvalue weighted by Gasteiger charge is 2.25. The average molecular weight is 349 g/mol. The summed E-state index contributed by atoms with van der Waals surface area (Å²) in [5.41, 5.74) is 3.02. The Hall–Kier alpha value is -2.82. The first-order valence-corrected chi connectivity index (χ1v) is 9.08. The van der Waals surface area contributed by atoms with E-state index in [1.54, 1.807) is 7.11 Å². The van der Waals surface area contributed by atoms with Crippen LogP contribution in [0.5, 0.6) is 5.75 Å². The van der Waals surface area contributed by atoms with E-state index in [9.17, 15) is 4.79 Å². The van der Waals surface area contributed by atoms with Gasteiger partial charge in [-0.2, -0.15) is 0 Å². The zero-order chi connectivity index (χ0) is 17.9. The summed E-state index contributed by atoms with van der Waals surface area (Å²) in [6, 6.07) is 9.94. The van der Waals surface area contributed by atoms with Crippen LogP contribution in [0.25, 0.3) is 10.9 Å². The molecule has 5 heteroatoms. The molecule has 5 nitrogen and oxygen atoms in total. The fourth-order valence-corrected chi connectivity index (χ4v) is 3.77. The number of H-pyrrole nitrogens is 1. The number of likely N-dealkylation sites (tertiary alicyclic amines) is 1. The fourth-order valence-electron chi connectivity index (χ4n) is 3.77. The number of fused-ring (bicyclic) bond motifs is 1. The highest BCUT2D eigenvalue weighted by atomic mass is 16.5. The molecule has 4 rings (SSSR count). The summed E-state index contributed by atoms with van der Waals surface area (Å²) >= 11 is 0. The van der Waals surface area contributed by atoms with Crippen LogP contribution in [-0.4, -0.2) is 41.0 Å². The van der Waals surface area contributed by atoms with Crippen LogP contribution in [0.3, 0.4) is 0 Å². The molecule has 0 atom stereocenters. The number of piperidine rings is 1. The lowest BCUT2D eigenvalue weighted by Gasteiger charge is -2.32. The lowest BCUT2D eigenvalue weighted by molar-refractivity contribution is 0.0692. The first-order chi connectivity index (χ1) is 12.7. The van der Waals surface area contributed by atoms with E-state index < -0.39 is 0 Å². The van der Waals surface area contributed by atoms with Gasteiger partial charge in [0.1, 0.15) is 5.75 Å². The number of benzene rings is 1. The van der Waals surface area contributed by atoms with E-state index in [4.69, 9.17) is 4.74 Å². The molecular formula is C21H23N3O2. The molecule has 0 unspecified atom stereocenters. The van der Waals surface area contributed by atoms with Gasteiger partial charge < -0.3 is 14.6 Å². The van der Waals surface area contributed by atoms with Gasteiger partial charge in [-0.25, -0.2) is 0 Å². The molecule has 1 saturated heterocycles. The normalized spacial score (nSPS) is 15.3. The second-order valence-corrected chi connectivity index (χ2v) is 6.91. The minimum Gasteiger partial charge on any atom is -0.497 e. The van der Waals surface area contributed by atoms with Crippen molar-refractivity contribution in [3.8, 4) is 5.75 Å². The molecule has 134 valence electrons. The number of nitrogens with zero attached hydrogens (tertiary/aromatic N) is 2. The highest BCUT2D eigenvalue weighted by molar-refractivity contribution is 6.07. The number of aromatic nitrogens is 2. The van der Waals surface area contributed by atoms with Crippen molar-refractivity contribution in [1.82, 2.24) is 14.9 Å². The van der Waals surface area contributed by atoms with Gasteiger partial charge in [0.2, 0.25) is 0 Å². The Morgan fingerprint density at radius 1 is 1.23 bits per heavy atom. The van der Waals surface area contributed by atoms with Crippen LogP contribution >= 0.6 is 0 Å². The summed E-state index contributed by atoms with van der Waals surface area (Å²) in [6.07, 6.45) is 8.66. The molecule has 2 aromatic heterocycles. The quantitative estimate of drug-likeness (QED) is 0.782. The summed E-state index contributed by atoms with van der Waals surface area (Å²) in [7, 11) is 1.64. The van der Waals surface area contributed by atoms with E-state index in [1.807, 2.05) is 41.7 Å². The predicted octanol–water partition coefficient (Wildman–Crippen LogP) is 3.67. The maximum Gasteiger partial charge on any atom is 0.256 e. The van der Waals surface area contributed by atoms with Crippen molar-refractivity contribution in [2.75, 3.05) is 20.2 Å². The average Bonchev–Trinajstić information content (AvgIpc) is 3.12. The van der Waals surface area contributed by atoms with Crippen LogP contribution in [0.4, 0.5) is 0 Å². The van der Waals surface area contributed by atoms with Gasteiger partial charge in [0.05, 0.1) is 12.7 Å². The van der Waals surface area contributed by atoms with Crippen molar-refractivity contribution in [3.05, 3.63) is 60.0 Å². The Bertz CT molecular complexity index is 896. The Kier molecular flexibility index (Phi) is 4.61. The molecule has 1 aromatic carbocycles. The van der Waals surface area contributed by atoms with Crippen LogP contribution in [-0.2, 0) is 6.42 Å². The monoisotopic (exact) mass is 349 g/mol. The summed E-state index contributed by atoms with van der Waals surface area (Å²) in [6.45, 7) is 1.62. The van der Waals surface area contributed by atoms with Gasteiger partial charge in [0.15, 0.2) is 0 Å². The second-order valence-electron chi connectivity index (χ2n) is 6.91. The number of rotatable bonds is 4. The minimum atomic E-state index is 0.104. The van der Waals surface area contributed by atoms with Gasteiger partial charge in [-0.15, -0.1) is 0 Å². The smallest absolute Gasteiger partial charge is 0.256 e. The van der Waals surface area contributed by atoms with Gasteiger partial charge in [0, 0.05) is 42.6 Å². The van der Waals surface area contributed by atoms with Crippen molar-refractivity contribution in [2.45, 2.75) is 19.3 Å². The number of nitrogens with one attached hydrogen (secondary N) is 1. The minimum absolute atomic E-state index is 0.104. The van der Waals surface area contributed by atoms with Gasteiger partial charge in [-0.3, -0.25) is 9.78 Å². The number of methoxy groups -OCH3 is 1. The topological polar surface area (TPSA) is 58.2 Å². The molecule has 0 radical (unpaired) electrons. The lowest BCUT2D eigenvalue weighted by atomic mass is 9.90. The number of pyridine rings is 1. The Morgan fingerprint density at radius 3 is 2.73 bits per heavy atom. The van der Waals surface area contributed by atoms with Crippen molar-refractivity contribution in [3.63, 3.8) is 0 Å². The van der Waals surface area contributed by atoms with Gasteiger partial charge >= 0.3 is 0 Å². The molecular weight excluding hydrogens is 326 g/mol. The van der Waals surface area contributed by atoms with E-state index in [2.05, 4.69) is 22.1 Å². The Morgan fingerprint density at radius 2 is 2.00 bits per heavy atom. The molecule has 1 amide bonds. The van der Waals surface area contributed by atoms with Gasteiger partial charge in [0.25, 0.3) is 5.91 Å². The molecule has 3 heterocycles. The van der Waals surface area contributed by atoms with Gasteiger partial charge in [-0.1, -0.05) is 0 Å². The summed E-state index contributed by atoms with van der Waals surface area (Å²) in [4.78, 5) is 22.2. The molecule has 1 fully saturated rings. The maximum atomic E-state index is 13.0. The second kappa shape index (κ2) is 7.20. The summed E-state index contributed by atoms with van der Waals surface area (Å²) < 4.78 is 5.30. The molecule has 1 N–H and O–H groups in total. The molecule has 1 aliphatic rings. The third-order valence-electron chi connectivity index (χ3n) is 5.29. The maximum absolute atomic E-state index is 13.0. The third kappa shape index (κ3) is 3.29. The van der Waals surface area contributed by atoms with Crippen LogP contribution in [0.15, 0.2) is 48.9 Å². The van der Waals surface area contributed by atoms with Crippen molar-refractivity contribution in [1.29, 1.82) is 0 Å². The molecule has 0 bridgehead atoms. The Balaban J connectivity index is 1.44. The number of hydrogen-bond donors (Lipinski definition) is 1. The molecule has 1 aliphatic heterocycles. The largest absolute Gasteiger partial charge is 0.497 e. The third-order valence-corrected chi connectivity index (χ3v) is 5.29. The SMILES string of the molecule is COc1ccc2[nH]cc(C(=O)N3CCC(Cc4ccncc4)CC3)c2c1. The summed E-state index contributed by atoms with van der Waals surface area (Å²) in [5, 5.41) is 0.924. The van der Waals surface area contributed by atoms with Crippen LogP contribution < -0.4 is 4.74 Å². The number of ether oxygens (including phenoxy) is 1. The molecule has 26 heavy (non-hydrogen) atoms. The van der Waals surface area contributed by atoms with Crippen LogP contribution in [0.1, 0.15) is 28.8 Å². The molecule has 3 aromatic rings. The van der Waals surface area contributed by atoms with E-state index >= 15 is 0 Å². The molecule has 0 spiro atoms. The van der Waals surface area contributed by atoms with Crippen molar-refractivity contribution in [2.24, 2.45) is 5.92 Å². The van der Waals surface area contributed by atoms with E-state index in [-0.39, 0.29) is 5.91 Å². The van der Waals surface area contributed by atoms with Crippen LogP contribution in [0, 0.1) is 5.92 Å². The standard InChI is InChI=1S/C21H23N3O2/c1-26-17-2-3-20-18(13-17)19(14-23-20)21(25)24-10-6-16(7-11-24)12-15-4-8-22-9-5-15/h2-5,8-9,13-14,16,23H,6-7,10-12H2,1H3. The molecule has 0 saturated carbocycles. The van der Waals surface area contributed by atoms with E-state index in [1.165, 1.54) is 5.56 Å². The number of amides is 1. The first-order valence-electron chi connectivity index (χ1n) is 9.08.